The van der Waals surface area contributed by atoms with Crippen LogP contribution in [0.1, 0.15) is 66.1 Å². The van der Waals surface area contributed by atoms with Gasteiger partial charge in [-0.3, -0.25) is 4.79 Å². The summed E-state index contributed by atoms with van der Waals surface area (Å²) in [5, 5.41) is 12.8. The summed E-state index contributed by atoms with van der Waals surface area (Å²) in [7, 11) is 0. The molecule has 1 saturated carbocycles. The fraction of sp³-hybridized carbons (Fsp3) is 0.643. The van der Waals surface area contributed by atoms with Gasteiger partial charge in [-0.05, 0) is 24.7 Å². The van der Waals surface area contributed by atoms with Crippen LogP contribution in [0, 0.1) is 5.41 Å². The minimum atomic E-state index is -1.15. The Balaban J connectivity index is 2.12. The molecule has 0 aliphatic heterocycles. The third kappa shape index (κ3) is 3.00. The number of carboxylic acids is 1. The second-order valence-corrected chi connectivity index (χ2v) is 6.47. The number of nitrogens with one attached hydrogen (secondary N) is 1. The Labute approximate surface area is 122 Å². The van der Waals surface area contributed by atoms with Gasteiger partial charge < -0.3 is 10.4 Å². The first kappa shape index (κ1) is 15.0. The van der Waals surface area contributed by atoms with Crippen molar-refractivity contribution in [1.82, 2.24) is 4.98 Å². The summed E-state index contributed by atoms with van der Waals surface area (Å²) in [6, 6.07) is 0. The van der Waals surface area contributed by atoms with E-state index in [1.165, 1.54) is 32.6 Å². The van der Waals surface area contributed by atoms with Crippen LogP contribution in [0.3, 0.4) is 0 Å². The van der Waals surface area contributed by atoms with Crippen LogP contribution >= 0.6 is 11.3 Å². The maximum Gasteiger partial charge on any atom is 0.356 e. The standard InChI is InChI=1S/C14H20N2O3S/c1-3-14(6-4-5-7-14)8-15-13-16-10(12(18)19)11(20-13)9(2)17/h3-8H2,1-2H3,(H,15,16)(H,18,19). The van der Waals surface area contributed by atoms with Gasteiger partial charge in [0.1, 0.15) is 4.88 Å². The summed E-state index contributed by atoms with van der Waals surface area (Å²) in [5.41, 5.74) is 0.160. The molecule has 5 nitrogen and oxygen atoms in total. The first-order valence-electron chi connectivity index (χ1n) is 6.96. The molecule has 0 saturated heterocycles. The van der Waals surface area contributed by atoms with E-state index < -0.39 is 5.97 Å². The van der Waals surface area contributed by atoms with Gasteiger partial charge in [-0.2, -0.15) is 0 Å². The number of hydrogen-bond acceptors (Lipinski definition) is 5. The van der Waals surface area contributed by atoms with Gasteiger partial charge >= 0.3 is 5.97 Å². The zero-order valence-corrected chi connectivity index (χ0v) is 12.7. The van der Waals surface area contributed by atoms with Crippen LogP contribution in [0.25, 0.3) is 0 Å². The molecule has 1 heterocycles. The highest BCUT2D eigenvalue weighted by Crippen LogP contribution is 2.41. The molecule has 1 fully saturated rings. The van der Waals surface area contributed by atoms with Crippen LogP contribution in [-0.4, -0.2) is 28.4 Å². The van der Waals surface area contributed by atoms with Gasteiger partial charge in [-0.25, -0.2) is 9.78 Å². The van der Waals surface area contributed by atoms with Crippen LogP contribution < -0.4 is 5.32 Å². The number of aromatic nitrogens is 1. The lowest BCUT2D eigenvalue weighted by molar-refractivity contribution is 0.0687. The quantitative estimate of drug-likeness (QED) is 0.786. The van der Waals surface area contributed by atoms with E-state index in [4.69, 9.17) is 5.11 Å². The third-order valence-corrected chi connectivity index (χ3v) is 5.29. The monoisotopic (exact) mass is 296 g/mol. The smallest absolute Gasteiger partial charge is 0.356 e. The summed E-state index contributed by atoms with van der Waals surface area (Å²) in [5.74, 6) is -1.40. The normalized spacial score (nSPS) is 17.1. The van der Waals surface area contributed by atoms with E-state index in [1.54, 1.807) is 0 Å². The second-order valence-electron chi connectivity index (χ2n) is 5.47. The summed E-state index contributed by atoms with van der Waals surface area (Å²) < 4.78 is 0. The second kappa shape index (κ2) is 5.91. The number of thiazole rings is 1. The molecule has 20 heavy (non-hydrogen) atoms. The van der Waals surface area contributed by atoms with Gasteiger partial charge in [0.2, 0.25) is 0 Å². The fourth-order valence-electron chi connectivity index (χ4n) is 2.82. The summed E-state index contributed by atoms with van der Waals surface area (Å²) in [4.78, 5) is 26.8. The molecule has 1 aromatic heterocycles. The first-order chi connectivity index (χ1) is 9.47. The van der Waals surface area contributed by atoms with Crippen molar-refractivity contribution in [3.05, 3.63) is 10.6 Å². The lowest BCUT2D eigenvalue weighted by Crippen LogP contribution is -2.25. The number of carbonyl (C=O) groups is 2. The molecule has 0 aromatic carbocycles. The Morgan fingerprint density at radius 1 is 1.40 bits per heavy atom. The maximum absolute atomic E-state index is 11.4. The molecular formula is C14H20N2O3S. The van der Waals surface area contributed by atoms with Gasteiger partial charge in [0.15, 0.2) is 16.6 Å². The van der Waals surface area contributed by atoms with E-state index >= 15 is 0 Å². The number of carbonyl (C=O) groups excluding carboxylic acids is 1. The van der Waals surface area contributed by atoms with Crippen LogP contribution in [-0.2, 0) is 0 Å². The van der Waals surface area contributed by atoms with Crippen molar-refractivity contribution in [2.45, 2.75) is 46.0 Å². The molecule has 0 spiro atoms. The highest BCUT2D eigenvalue weighted by molar-refractivity contribution is 7.17. The zero-order valence-electron chi connectivity index (χ0n) is 11.9. The van der Waals surface area contributed by atoms with Crippen molar-refractivity contribution >= 4 is 28.2 Å². The SMILES string of the molecule is CCC1(CNc2nc(C(=O)O)c(C(C)=O)s2)CCCC1. The highest BCUT2D eigenvalue weighted by atomic mass is 32.1. The Hall–Kier alpha value is -1.43. The fourth-order valence-corrected chi connectivity index (χ4v) is 3.67. The van der Waals surface area contributed by atoms with Crippen molar-refractivity contribution in [1.29, 1.82) is 0 Å². The van der Waals surface area contributed by atoms with E-state index in [-0.39, 0.29) is 16.4 Å². The predicted molar refractivity (Wildman–Crippen MR) is 78.8 cm³/mol. The predicted octanol–water partition coefficient (Wildman–Crippen LogP) is 3.43. The van der Waals surface area contributed by atoms with E-state index in [0.29, 0.717) is 10.5 Å². The number of ketones is 1. The van der Waals surface area contributed by atoms with Gasteiger partial charge in [0, 0.05) is 13.5 Å². The van der Waals surface area contributed by atoms with E-state index in [2.05, 4.69) is 17.2 Å². The summed E-state index contributed by atoms with van der Waals surface area (Å²) in [6.07, 6.45) is 6.02. The largest absolute Gasteiger partial charge is 0.476 e. The minimum absolute atomic E-state index is 0.137. The summed E-state index contributed by atoms with van der Waals surface area (Å²) in [6.45, 7) is 4.36. The molecule has 0 unspecified atom stereocenters. The maximum atomic E-state index is 11.4. The molecule has 2 N–H and O–H groups in total. The van der Waals surface area contributed by atoms with Gasteiger partial charge in [0.25, 0.3) is 0 Å². The molecule has 0 amide bonds. The number of carboxylic acid groups (broad SMARTS) is 1. The lowest BCUT2D eigenvalue weighted by atomic mass is 9.83. The number of nitrogens with zero attached hydrogens (tertiary/aromatic N) is 1. The number of Topliss-reactive ketones (excluding diaryl/α,β-unsaturated/α-hetero) is 1. The van der Waals surface area contributed by atoms with E-state index in [0.717, 1.165) is 24.3 Å². The average Bonchev–Trinajstić information content (AvgIpc) is 3.04. The topological polar surface area (TPSA) is 79.3 Å². The zero-order chi connectivity index (χ0) is 14.8. The molecule has 0 atom stereocenters. The van der Waals surface area contributed by atoms with Gasteiger partial charge in [-0.1, -0.05) is 31.1 Å². The van der Waals surface area contributed by atoms with Crippen molar-refractivity contribution < 1.29 is 14.7 Å². The highest BCUT2D eigenvalue weighted by Gasteiger charge is 2.32. The Morgan fingerprint density at radius 2 is 2.05 bits per heavy atom. The van der Waals surface area contributed by atoms with Crippen molar-refractivity contribution in [3.8, 4) is 0 Å². The lowest BCUT2D eigenvalue weighted by Gasteiger charge is -2.27. The van der Waals surface area contributed by atoms with E-state index in [9.17, 15) is 9.59 Å². The molecule has 2 rings (SSSR count). The third-order valence-electron chi connectivity index (χ3n) is 4.18. The van der Waals surface area contributed by atoms with E-state index in [1.807, 2.05) is 0 Å². The minimum Gasteiger partial charge on any atom is -0.476 e. The molecule has 110 valence electrons. The molecule has 0 radical (unpaired) electrons. The Bertz CT molecular complexity index is 487. The first-order valence-corrected chi connectivity index (χ1v) is 7.78. The molecular weight excluding hydrogens is 276 g/mol. The molecule has 1 aliphatic carbocycles. The number of aromatic carboxylic acids is 1. The van der Waals surface area contributed by atoms with Crippen molar-refractivity contribution in [3.63, 3.8) is 0 Å². The van der Waals surface area contributed by atoms with Crippen molar-refractivity contribution in [2.75, 3.05) is 11.9 Å². The molecule has 1 aliphatic rings. The average molecular weight is 296 g/mol. The number of hydrogen-bond donors (Lipinski definition) is 2. The van der Waals surface area contributed by atoms with Gasteiger partial charge in [0.05, 0.1) is 0 Å². The number of anilines is 1. The molecule has 0 bridgehead atoms. The Morgan fingerprint density at radius 3 is 2.50 bits per heavy atom. The van der Waals surface area contributed by atoms with Crippen LogP contribution in [0.5, 0.6) is 0 Å². The van der Waals surface area contributed by atoms with Crippen LogP contribution in [0.2, 0.25) is 0 Å². The Kier molecular flexibility index (Phi) is 4.42. The molecule has 6 heteroatoms. The molecule has 1 aromatic rings. The number of rotatable bonds is 6. The van der Waals surface area contributed by atoms with Crippen molar-refractivity contribution in [2.24, 2.45) is 5.41 Å². The van der Waals surface area contributed by atoms with Gasteiger partial charge in [-0.15, -0.1) is 0 Å². The summed E-state index contributed by atoms with van der Waals surface area (Å²) >= 11 is 1.14. The van der Waals surface area contributed by atoms with Crippen LogP contribution in [0.4, 0.5) is 5.13 Å². The van der Waals surface area contributed by atoms with Crippen LogP contribution in [0.15, 0.2) is 0 Å².